The second-order valence-corrected chi connectivity index (χ2v) is 11.3. The minimum atomic E-state index is 1.13. The first-order valence-corrected chi connectivity index (χ1v) is 12.9. The Morgan fingerprint density at radius 1 is 0.269 bits per heavy atom. The van der Waals surface area contributed by atoms with Gasteiger partial charge in [-0.15, -0.1) is 0 Å². The van der Waals surface area contributed by atoms with Crippen LogP contribution in [0.2, 0.25) is 0 Å². The lowest BCUT2D eigenvalue weighted by atomic mass is 9.50. The summed E-state index contributed by atoms with van der Waals surface area (Å²) >= 11 is 0. The summed E-state index contributed by atoms with van der Waals surface area (Å²) in [4.78, 5) is 0. The van der Waals surface area contributed by atoms with Gasteiger partial charge in [-0.05, 0) is 73.0 Å². The van der Waals surface area contributed by atoms with Crippen LogP contribution in [0.15, 0.2) is 0 Å². The van der Waals surface area contributed by atoms with E-state index < -0.39 is 0 Å². The lowest BCUT2D eigenvalue weighted by Crippen LogP contribution is -2.47. The molecule has 0 nitrogen and oxygen atoms in total. The maximum atomic E-state index is 1.67. The maximum absolute atomic E-state index is 1.67. The van der Waals surface area contributed by atoms with Crippen LogP contribution in [0.4, 0.5) is 0 Å². The molecule has 0 saturated heterocycles. The molecule has 5 saturated carbocycles. The Kier molecular flexibility index (Phi) is 5.67. The molecule has 0 aromatic carbocycles. The van der Waals surface area contributed by atoms with Crippen molar-refractivity contribution in [2.24, 2.45) is 47.3 Å². The molecule has 0 N–H and O–H groups in total. The second kappa shape index (κ2) is 8.16. The molecule has 6 atom stereocenters. The van der Waals surface area contributed by atoms with Crippen LogP contribution in [-0.2, 0) is 0 Å². The van der Waals surface area contributed by atoms with Crippen LogP contribution in [0.5, 0.6) is 0 Å². The van der Waals surface area contributed by atoms with E-state index in [1.165, 1.54) is 12.8 Å². The highest BCUT2D eigenvalue weighted by atomic mass is 14.5. The molecule has 5 aliphatic rings. The van der Waals surface area contributed by atoms with Crippen LogP contribution >= 0.6 is 0 Å². The molecule has 148 valence electrons. The Morgan fingerprint density at radius 2 is 0.615 bits per heavy atom. The van der Waals surface area contributed by atoms with Crippen LogP contribution < -0.4 is 0 Å². The smallest absolute Gasteiger partial charge is 0.0349 e. The van der Waals surface area contributed by atoms with Crippen LogP contribution in [0.3, 0.4) is 0 Å². The predicted octanol–water partition coefficient (Wildman–Crippen LogP) is 8.01. The van der Waals surface area contributed by atoms with E-state index in [-0.39, 0.29) is 0 Å². The first-order valence-electron chi connectivity index (χ1n) is 12.9. The maximum Gasteiger partial charge on any atom is -0.0349 e. The predicted molar refractivity (Wildman–Crippen MR) is 111 cm³/mol. The van der Waals surface area contributed by atoms with Crippen LogP contribution in [-0.4, -0.2) is 0 Å². The van der Waals surface area contributed by atoms with Crippen LogP contribution in [0.25, 0.3) is 0 Å². The molecule has 5 fully saturated rings. The molecule has 0 amide bonds. The Bertz CT molecular complexity index is 399. The Morgan fingerprint density at radius 3 is 1.04 bits per heavy atom. The Hall–Kier alpha value is 0. The van der Waals surface area contributed by atoms with Crippen molar-refractivity contribution in [3.8, 4) is 0 Å². The first kappa shape index (κ1) is 18.1. The van der Waals surface area contributed by atoms with E-state index in [1.807, 2.05) is 0 Å². The van der Waals surface area contributed by atoms with Crippen LogP contribution in [0.1, 0.15) is 116 Å². The van der Waals surface area contributed by atoms with E-state index >= 15 is 0 Å². The van der Waals surface area contributed by atoms with Gasteiger partial charge in [-0.1, -0.05) is 89.9 Å². The minimum Gasteiger partial charge on any atom is -0.0533 e. The fraction of sp³-hybridized carbons (Fsp3) is 1.00. The summed E-state index contributed by atoms with van der Waals surface area (Å²) in [5.41, 5.74) is 0. The molecule has 0 heterocycles. The normalized spacial score (nSPS) is 45.7. The molecule has 0 bridgehead atoms. The lowest BCUT2D eigenvalue weighted by Gasteiger charge is -2.55. The number of rotatable bonds is 2. The minimum absolute atomic E-state index is 1.13. The molecule has 0 aromatic heterocycles. The van der Waals surface area contributed by atoms with Crippen molar-refractivity contribution in [3.63, 3.8) is 0 Å². The molecule has 0 aliphatic heterocycles. The SMILES string of the molecule is C1CCC(C2CCC(C3CCCCC3)C3CC4CCCCC4CC23)CC1. The standard InChI is InChI=1S/C26H44/c1-3-9-19(10-4-1)23-15-16-24(20-11-5-2-6-12-20)26-18-22-14-8-7-13-21(22)17-25(23)26/h19-26H,1-18H2. The molecule has 5 rings (SSSR count). The quantitative estimate of drug-likeness (QED) is 0.470. The van der Waals surface area contributed by atoms with E-state index in [4.69, 9.17) is 0 Å². The Balaban J connectivity index is 1.36. The van der Waals surface area contributed by atoms with Gasteiger partial charge in [0.1, 0.15) is 0 Å². The molecule has 0 spiro atoms. The van der Waals surface area contributed by atoms with Gasteiger partial charge in [-0.3, -0.25) is 0 Å². The van der Waals surface area contributed by atoms with E-state index in [1.54, 1.807) is 103 Å². The van der Waals surface area contributed by atoms with E-state index in [2.05, 4.69) is 0 Å². The summed E-state index contributed by atoms with van der Waals surface area (Å²) in [7, 11) is 0. The molecule has 0 heteroatoms. The van der Waals surface area contributed by atoms with Gasteiger partial charge in [0, 0.05) is 0 Å². The molecule has 0 radical (unpaired) electrons. The number of hydrogen-bond donors (Lipinski definition) is 0. The van der Waals surface area contributed by atoms with Crippen molar-refractivity contribution < 1.29 is 0 Å². The molecule has 6 unspecified atom stereocenters. The number of hydrogen-bond acceptors (Lipinski definition) is 0. The Labute approximate surface area is 163 Å². The van der Waals surface area contributed by atoms with Crippen molar-refractivity contribution in [1.82, 2.24) is 0 Å². The highest BCUT2D eigenvalue weighted by molar-refractivity contribution is 4.99. The van der Waals surface area contributed by atoms with Gasteiger partial charge in [0.15, 0.2) is 0 Å². The van der Waals surface area contributed by atoms with Gasteiger partial charge >= 0.3 is 0 Å². The lowest BCUT2D eigenvalue weighted by molar-refractivity contribution is -0.0593. The summed E-state index contributed by atoms with van der Waals surface area (Å²) in [6.07, 6.45) is 28.5. The topological polar surface area (TPSA) is 0 Å². The third-order valence-corrected chi connectivity index (χ3v) is 10.2. The van der Waals surface area contributed by atoms with Gasteiger partial charge in [0.05, 0.1) is 0 Å². The summed E-state index contributed by atoms with van der Waals surface area (Å²) in [6, 6.07) is 0. The third-order valence-electron chi connectivity index (χ3n) is 10.2. The zero-order valence-corrected chi connectivity index (χ0v) is 17.3. The molecular weight excluding hydrogens is 312 g/mol. The first-order chi connectivity index (χ1) is 12.9. The summed E-state index contributed by atoms with van der Waals surface area (Å²) in [5.74, 6) is 9.12. The van der Waals surface area contributed by atoms with Crippen molar-refractivity contribution in [1.29, 1.82) is 0 Å². The summed E-state index contributed by atoms with van der Waals surface area (Å²) in [5, 5.41) is 0. The zero-order valence-electron chi connectivity index (χ0n) is 17.3. The van der Waals surface area contributed by atoms with Crippen molar-refractivity contribution >= 4 is 0 Å². The van der Waals surface area contributed by atoms with Crippen molar-refractivity contribution in [3.05, 3.63) is 0 Å². The summed E-state index contributed by atoms with van der Waals surface area (Å²) < 4.78 is 0. The monoisotopic (exact) mass is 356 g/mol. The fourth-order valence-corrected chi connectivity index (χ4v) is 9.05. The highest BCUT2D eigenvalue weighted by Gasteiger charge is 2.49. The van der Waals surface area contributed by atoms with Crippen LogP contribution in [0, 0.1) is 47.3 Å². The van der Waals surface area contributed by atoms with Gasteiger partial charge < -0.3 is 0 Å². The van der Waals surface area contributed by atoms with Crippen molar-refractivity contribution in [2.45, 2.75) is 116 Å². The molecule has 5 aliphatic carbocycles. The van der Waals surface area contributed by atoms with E-state index in [9.17, 15) is 0 Å². The van der Waals surface area contributed by atoms with E-state index in [0.29, 0.717) is 0 Å². The van der Waals surface area contributed by atoms with E-state index in [0.717, 1.165) is 47.3 Å². The third kappa shape index (κ3) is 3.53. The summed E-state index contributed by atoms with van der Waals surface area (Å²) in [6.45, 7) is 0. The zero-order chi connectivity index (χ0) is 17.3. The largest absolute Gasteiger partial charge is 0.0533 e. The highest BCUT2D eigenvalue weighted by Crippen LogP contribution is 2.58. The average molecular weight is 357 g/mol. The van der Waals surface area contributed by atoms with Gasteiger partial charge in [0.2, 0.25) is 0 Å². The van der Waals surface area contributed by atoms with Gasteiger partial charge in [-0.25, -0.2) is 0 Å². The second-order valence-electron chi connectivity index (χ2n) is 11.3. The van der Waals surface area contributed by atoms with Gasteiger partial charge in [0.25, 0.3) is 0 Å². The fourth-order valence-electron chi connectivity index (χ4n) is 9.05. The molecule has 0 aromatic rings. The number of fused-ring (bicyclic) bond motifs is 2. The molecule has 26 heavy (non-hydrogen) atoms. The van der Waals surface area contributed by atoms with Gasteiger partial charge in [-0.2, -0.15) is 0 Å². The van der Waals surface area contributed by atoms with Crippen molar-refractivity contribution in [2.75, 3.05) is 0 Å². The average Bonchev–Trinajstić information content (AvgIpc) is 2.73. The molecular formula is C26H44.